The second-order valence-corrected chi connectivity index (χ2v) is 3.58. The number of nitrogens with zero attached hydrogens (tertiary/aromatic N) is 3. The molecule has 1 unspecified atom stereocenters. The van der Waals surface area contributed by atoms with Crippen LogP contribution in [0.5, 0.6) is 0 Å². The maximum absolute atomic E-state index is 10.1. The van der Waals surface area contributed by atoms with Crippen molar-refractivity contribution in [3.63, 3.8) is 0 Å². The summed E-state index contributed by atoms with van der Waals surface area (Å²) < 4.78 is 1.68. The molecule has 1 atom stereocenters. The lowest BCUT2D eigenvalue weighted by Crippen LogP contribution is -2.01. The first-order chi connectivity index (χ1) is 7.18. The van der Waals surface area contributed by atoms with E-state index in [0.29, 0.717) is 0 Å². The number of pyridine rings is 1. The number of hydrogen-bond donors (Lipinski definition) is 1. The van der Waals surface area contributed by atoms with Crippen LogP contribution in [-0.4, -0.2) is 19.9 Å². The van der Waals surface area contributed by atoms with Gasteiger partial charge in [0.15, 0.2) is 0 Å². The van der Waals surface area contributed by atoms with Crippen LogP contribution in [0.25, 0.3) is 0 Å². The Balaban J connectivity index is 2.36. The molecule has 15 heavy (non-hydrogen) atoms. The summed E-state index contributed by atoms with van der Waals surface area (Å²) in [6, 6.07) is 1.83. The van der Waals surface area contributed by atoms with Gasteiger partial charge in [0.2, 0.25) is 0 Å². The number of hydrogen-bond acceptors (Lipinski definition) is 3. The monoisotopic (exact) mass is 203 g/mol. The van der Waals surface area contributed by atoms with Crippen LogP contribution in [0.1, 0.15) is 22.8 Å². The largest absolute Gasteiger partial charge is 0.384 e. The molecule has 2 aromatic rings. The van der Waals surface area contributed by atoms with Crippen LogP contribution < -0.4 is 0 Å². The topological polar surface area (TPSA) is 50.9 Å². The Morgan fingerprint density at radius 2 is 2.20 bits per heavy atom. The van der Waals surface area contributed by atoms with Gasteiger partial charge in [0.1, 0.15) is 6.10 Å². The number of aromatic nitrogens is 3. The zero-order chi connectivity index (χ0) is 10.8. The number of rotatable bonds is 2. The van der Waals surface area contributed by atoms with E-state index >= 15 is 0 Å². The molecule has 0 aromatic carbocycles. The van der Waals surface area contributed by atoms with Crippen molar-refractivity contribution in [3.05, 3.63) is 47.5 Å². The van der Waals surface area contributed by atoms with Gasteiger partial charge >= 0.3 is 0 Å². The Morgan fingerprint density at radius 1 is 1.40 bits per heavy atom. The SMILES string of the molecule is Cc1cnccc1C(O)c1cnn(C)c1. The van der Waals surface area contributed by atoms with Crippen molar-refractivity contribution >= 4 is 0 Å². The van der Waals surface area contributed by atoms with Crippen LogP contribution in [0.4, 0.5) is 0 Å². The number of aliphatic hydroxyl groups is 1. The van der Waals surface area contributed by atoms with Gasteiger partial charge in [0, 0.05) is 31.2 Å². The van der Waals surface area contributed by atoms with Gasteiger partial charge in [-0.05, 0) is 24.1 Å². The third-order valence-electron chi connectivity index (χ3n) is 2.40. The number of aliphatic hydroxyl groups excluding tert-OH is 1. The van der Waals surface area contributed by atoms with Gasteiger partial charge < -0.3 is 5.11 Å². The minimum atomic E-state index is -0.623. The van der Waals surface area contributed by atoms with E-state index in [9.17, 15) is 5.11 Å². The molecule has 0 aliphatic carbocycles. The molecule has 2 heterocycles. The summed E-state index contributed by atoms with van der Waals surface area (Å²) in [4.78, 5) is 3.99. The fraction of sp³-hybridized carbons (Fsp3) is 0.273. The van der Waals surface area contributed by atoms with Gasteiger partial charge in [-0.3, -0.25) is 9.67 Å². The summed E-state index contributed by atoms with van der Waals surface area (Å²) in [6.45, 7) is 1.93. The lowest BCUT2D eigenvalue weighted by molar-refractivity contribution is 0.219. The van der Waals surface area contributed by atoms with Gasteiger partial charge in [0.05, 0.1) is 6.20 Å². The summed E-state index contributed by atoms with van der Waals surface area (Å²) in [5.41, 5.74) is 2.65. The molecule has 1 N–H and O–H groups in total. The fourth-order valence-electron chi connectivity index (χ4n) is 1.55. The van der Waals surface area contributed by atoms with E-state index < -0.39 is 6.10 Å². The van der Waals surface area contributed by atoms with Gasteiger partial charge in [-0.25, -0.2) is 0 Å². The van der Waals surface area contributed by atoms with Gasteiger partial charge in [-0.2, -0.15) is 5.10 Å². The van der Waals surface area contributed by atoms with E-state index in [1.807, 2.05) is 26.2 Å². The minimum absolute atomic E-state index is 0.623. The average molecular weight is 203 g/mol. The fourth-order valence-corrected chi connectivity index (χ4v) is 1.55. The molecule has 4 nitrogen and oxygen atoms in total. The first kappa shape index (κ1) is 9.86. The molecule has 78 valence electrons. The molecule has 0 bridgehead atoms. The molecule has 4 heteroatoms. The summed E-state index contributed by atoms with van der Waals surface area (Å²) in [5.74, 6) is 0. The van der Waals surface area contributed by atoms with E-state index in [0.717, 1.165) is 16.7 Å². The Labute approximate surface area is 88.2 Å². The molecule has 0 radical (unpaired) electrons. The molecule has 0 saturated heterocycles. The third kappa shape index (κ3) is 1.89. The summed E-state index contributed by atoms with van der Waals surface area (Å²) >= 11 is 0. The summed E-state index contributed by atoms with van der Waals surface area (Å²) in [6.07, 6.45) is 6.29. The lowest BCUT2D eigenvalue weighted by Gasteiger charge is -2.10. The van der Waals surface area contributed by atoms with Crippen LogP contribution in [0.2, 0.25) is 0 Å². The lowest BCUT2D eigenvalue weighted by atomic mass is 10.0. The number of aryl methyl sites for hydroxylation is 2. The molecular weight excluding hydrogens is 190 g/mol. The highest BCUT2D eigenvalue weighted by atomic mass is 16.3. The highest BCUT2D eigenvalue weighted by Gasteiger charge is 2.13. The predicted octanol–water partition coefficient (Wildman–Crippen LogP) is 1.21. The minimum Gasteiger partial charge on any atom is -0.384 e. The van der Waals surface area contributed by atoms with Crippen LogP contribution in [0.15, 0.2) is 30.9 Å². The van der Waals surface area contributed by atoms with Gasteiger partial charge in [0.25, 0.3) is 0 Å². The van der Waals surface area contributed by atoms with Crippen molar-refractivity contribution in [2.45, 2.75) is 13.0 Å². The van der Waals surface area contributed by atoms with Crippen LogP contribution in [0.3, 0.4) is 0 Å². The summed E-state index contributed by atoms with van der Waals surface area (Å²) in [7, 11) is 1.83. The molecule has 2 rings (SSSR count). The zero-order valence-electron chi connectivity index (χ0n) is 8.75. The molecule has 0 amide bonds. The smallest absolute Gasteiger partial charge is 0.107 e. The van der Waals surface area contributed by atoms with E-state index in [1.54, 1.807) is 23.3 Å². The Kier molecular flexibility index (Phi) is 2.51. The highest BCUT2D eigenvalue weighted by molar-refractivity contribution is 5.31. The quantitative estimate of drug-likeness (QED) is 0.798. The summed E-state index contributed by atoms with van der Waals surface area (Å²) in [5, 5.41) is 14.1. The van der Waals surface area contributed by atoms with Crippen LogP contribution >= 0.6 is 0 Å². The third-order valence-corrected chi connectivity index (χ3v) is 2.40. The molecule has 0 spiro atoms. The maximum Gasteiger partial charge on any atom is 0.107 e. The molecule has 0 aliphatic heterocycles. The molecular formula is C11H13N3O. The Bertz CT molecular complexity index is 464. The molecule has 0 fully saturated rings. The second-order valence-electron chi connectivity index (χ2n) is 3.58. The predicted molar refractivity (Wildman–Crippen MR) is 56.2 cm³/mol. The van der Waals surface area contributed by atoms with E-state index in [4.69, 9.17) is 0 Å². The highest BCUT2D eigenvalue weighted by Crippen LogP contribution is 2.23. The zero-order valence-corrected chi connectivity index (χ0v) is 8.75. The van der Waals surface area contributed by atoms with E-state index in [1.165, 1.54) is 0 Å². The van der Waals surface area contributed by atoms with Crippen LogP contribution in [0, 0.1) is 6.92 Å². The Hall–Kier alpha value is -1.68. The second kappa shape index (κ2) is 3.82. The first-order valence-electron chi connectivity index (χ1n) is 4.75. The normalized spacial score (nSPS) is 12.7. The van der Waals surface area contributed by atoms with Crippen molar-refractivity contribution in [3.8, 4) is 0 Å². The van der Waals surface area contributed by atoms with Crippen LogP contribution in [-0.2, 0) is 7.05 Å². The van der Waals surface area contributed by atoms with E-state index in [-0.39, 0.29) is 0 Å². The molecule has 2 aromatic heterocycles. The molecule has 0 aliphatic rings. The Morgan fingerprint density at radius 3 is 2.80 bits per heavy atom. The molecule has 0 saturated carbocycles. The van der Waals surface area contributed by atoms with Crippen molar-refractivity contribution in [1.82, 2.24) is 14.8 Å². The van der Waals surface area contributed by atoms with E-state index in [2.05, 4.69) is 10.1 Å². The maximum atomic E-state index is 10.1. The first-order valence-corrected chi connectivity index (χ1v) is 4.75. The van der Waals surface area contributed by atoms with Crippen molar-refractivity contribution in [2.75, 3.05) is 0 Å². The van der Waals surface area contributed by atoms with Crippen molar-refractivity contribution in [1.29, 1.82) is 0 Å². The average Bonchev–Trinajstić information content (AvgIpc) is 2.65. The van der Waals surface area contributed by atoms with Gasteiger partial charge in [-0.1, -0.05) is 0 Å². The van der Waals surface area contributed by atoms with Crippen molar-refractivity contribution in [2.24, 2.45) is 7.05 Å². The van der Waals surface area contributed by atoms with Gasteiger partial charge in [-0.15, -0.1) is 0 Å². The van der Waals surface area contributed by atoms with Crippen molar-refractivity contribution < 1.29 is 5.11 Å². The standard InChI is InChI=1S/C11H13N3O/c1-8-5-12-4-3-10(8)11(15)9-6-13-14(2)7-9/h3-7,11,15H,1-2H3.